The van der Waals surface area contributed by atoms with E-state index in [-0.39, 0.29) is 0 Å². The molecule has 32 heavy (non-hydrogen) atoms. The molecule has 188 valence electrons. The minimum absolute atomic E-state index is 0.602. The van der Waals surface area contributed by atoms with Crippen LogP contribution in [0.1, 0.15) is 180 Å². The molecule has 0 spiro atoms. The van der Waals surface area contributed by atoms with Crippen molar-refractivity contribution in [2.24, 2.45) is 0 Å². The van der Waals surface area contributed by atoms with E-state index < -0.39 is 0 Å². The van der Waals surface area contributed by atoms with Crippen LogP contribution in [0.4, 0.5) is 0 Å². The van der Waals surface area contributed by atoms with Gasteiger partial charge in [0, 0.05) is 0 Å². The van der Waals surface area contributed by atoms with Gasteiger partial charge in [-0.05, 0) is 26.2 Å². The molecule has 0 saturated heterocycles. The Balaban J connectivity index is 2.35. The van der Waals surface area contributed by atoms with E-state index in [1.807, 2.05) is 0 Å². The van der Waals surface area contributed by atoms with Crippen molar-refractivity contribution in [1.29, 1.82) is 0 Å². The number of aromatic nitrogens is 2. The molecule has 0 aliphatic heterocycles. The summed E-state index contributed by atoms with van der Waals surface area (Å²) in [6.45, 7) is 9.29. The van der Waals surface area contributed by atoms with Gasteiger partial charge in [-0.15, -0.1) is 0 Å². The second-order valence-electron chi connectivity index (χ2n) is 10.4. The zero-order chi connectivity index (χ0) is 23.3. The summed E-state index contributed by atoms with van der Waals surface area (Å²) in [5, 5.41) is 0. The number of hydrogen-bond acceptors (Lipinski definition) is 0. The van der Waals surface area contributed by atoms with E-state index in [9.17, 15) is 0 Å². The van der Waals surface area contributed by atoms with Gasteiger partial charge < -0.3 is 0 Å². The van der Waals surface area contributed by atoms with Gasteiger partial charge >= 0.3 is 0 Å². The van der Waals surface area contributed by atoms with E-state index in [1.54, 1.807) is 0 Å². The zero-order valence-electron chi connectivity index (χ0n) is 22.6. The fourth-order valence-electron chi connectivity index (χ4n) is 5.09. The molecule has 0 aliphatic carbocycles. The molecule has 0 radical (unpaired) electrons. The standard InChI is InChI=1S/C30H58N2/c1-5-8-10-12-14-16-18-20-22-24-29(30-31-26-27-32(30)28(4)7-3)25-23-21-19-17-15-13-11-9-6-2/h26-29H,5-25H2,1-4H3/p+1. The van der Waals surface area contributed by atoms with Crippen molar-refractivity contribution in [3.63, 3.8) is 0 Å². The van der Waals surface area contributed by atoms with Gasteiger partial charge in [0.2, 0.25) is 0 Å². The predicted molar refractivity (Wildman–Crippen MR) is 142 cm³/mol. The highest BCUT2D eigenvalue weighted by atomic mass is 15.1. The van der Waals surface area contributed by atoms with Crippen LogP contribution in [0.25, 0.3) is 0 Å². The molecular formula is C30H59N2+. The van der Waals surface area contributed by atoms with Crippen LogP contribution in [0, 0.1) is 0 Å². The van der Waals surface area contributed by atoms with Crippen LogP contribution in [0.2, 0.25) is 0 Å². The van der Waals surface area contributed by atoms with E-state index in [1.165, 1.54) is 141 Å². The summed E-state index contributed by atoms with van der Waals surface area (Å²) in [6.07, 6.45) is 34.0. The number of H-pyrrole nitrogens is 1. The van der Waals surface area contributed by atoms with Crippen LogP contribution >= 0.6 is 0 Å². The molecule has 0 aliphatic rings. The number of nitrogens with zero attached hydrogens (tertiary/aromatic N) is 1. The molecule has 1 aromatic rings. The minimum Gasteiger partial charge on any atom is -0.247 e. The molecule has 0 aromatic carbocycles. The number of aromatic amines is 1. The Bertz CT molecular complexity index is 485. The maximum absolute atomic E-state index is 3.65. The first kappa shape index (κ1) is 29.2. The summed E-state index contributed by atoms with van der Waals surface area (Å²) >= 11 is 0. The molecule has 0 saturated carbocycles. The van der Waals surface area contributed by atoms with Gasteiger partial charge in [-0.25, -0.2) is 9.55 Å². The van der Waals surface area contributed by atoms with E-state index in [2.05, 4.69) is 49.6 Å². The lowest BCUT2D eigenvalue weighted by Crippen LogP contribution is -2.40. The lowest BCUT2D eigenvalue weighted by atomic mass is 9.93. The Hall–Kier alpha value is -0.790. The van der Waals surface area contributed by atoms with E-state index >= 15 is 0 Å². The lowest BCUT2D eigenvalue weighted by molar-refractivity contribution is -0.726. The molecule has 0 bridgehead atoms. The van der Waals surface area contributed by atoms with Gasteiger partial charge in [0.15, 0.2) is 0 Å². The number of unbranched alkanes of at least 4 members (excludes halogenated alkanes) is 16. The third-order valence-electron chi connectivity index (χ3n) is 7.51. The maximum Gasteiger partial charge on any atom is 0.257 e. The molecular weight excluding hydrogens is 388 g/mol. The van der Waals surface area contributed by atoms with Crippen LogP contribution in [0.5, 0.6) is 0 Å². The Morgan fingerprint density at radius 3 is 1.44 bits per heavy atom. The normalized spacial score (nSPS) is 12.7. The molecule has 0 fully saturated rings. The molecule has 2 heteroatoms. The third kappa shape index (κ3) is 13.7. The van der Waals surface area contributed by atoms with Crippen molar-refractivity contribution < 1.29 is 4.57 Å². The van der Waals surface area contributed by atoms with E-state index in [0.29, 0.717) is 12.0 Å². The van der Waals surface area contributed by atoms with Gasteiger partial charge in [0.25, 0.3) is 5.82 Å². The predicted octanol–water partition coefficient (Wildman–Crippen LogP) is 10.2. The average molecular weight is 448 g/mol. The van der Waals surface area contributed by atoms with Crippen molar-refractivity contribution >= 4 is 0 Å². The van der Waals surface area contributed by atoms with Crippen LogP contribution in [0.15, 0.2) is 12.4 Å². The maximum atomic E-state index is 3.65. The monoisotopic (exact) mass is 447 g/mol. The molecule has 1 atom stereocenters. The summed E-state index contributed by atoms with van der Waals surface area (Å²) in [5.41, 5.74) is 0. The van der Waals surface area contributed by atoms with Crippen molar-refractivity contribution in [3.8, 4) is 0 Å². The first-order chi connectivity index (χ1) is 15.7. The summed E-state index contributed by atoms with van der Waals surface area (Å²) in [6, 6.07) is 0.602. The second kappa shape index (κ2) is 20.8. The fourth-order valence-corrected chi connectivity index (χ4v) is 5.09. The zero-order valence-corrected chi connectivity index (χ0v) is 22.6. The van der Waals surface area contributed by atoms with Crippen LogP contribution < -0.4 is 4.57 Å². The quantitative estimate of drug-likeness (QED) is 0.127. The topological polar surface area (TPSA) is 19.7 Å². The van der Waals surface area contributed by atoms with Crippen LogP contribution in [-0.4, -0.2) is 4.98 Å². The van der Waals surface area contributed by atoms with Crippen LogP contribution in [0.3, 0.4) is 0 Å². The molecule has 0 amide bonds. The fraction of sp³-hybridized carbons (Fsp3) is 0.900. The Morgan fingerprint density at radius 1 is 0.625 bits per heavy atom. The number of rotatable bonds is 23. The van der Waals surface area contributed by atoms with Gasteiger partial charge in [0.1, 0.15) is 12.4 Å². The largest absolute Gasteiger partial charge is 0.257 e. The van der Waals surface area contributed by atoms with Gasteiger partial charge in [-0.2, -0.15) is 0 Å². The average Bonchev–Trinajstić information content (AvgIpc) is 3.30. The lowest BCUT2D eigenvalue weighted by Gasteiger charge is -2.16. The summed E-state index contributed by atoms with van der Waals surface area (Å²) in [5.74, 6) is 2.21. The smallest absolute Gasteiger partial charge is 0.247 e. The molecule has 1 rings (SSSR count). The highest BCUT2D eigenvalue weighted by Gasteiger charge is 2.24. The Labute approximate surface area is 202 Å². The van der Waals surface area contributed by atoms with Crippen molar-refractivity contribution in [3.05, 3.63) is 18.2 Å². The van der Waals surface area contributed by atoms with Crippen molar-refractivity contribution in [2.45, 2.75) is 174 Å². The summed E-state index contributed by atoms with van der Waals surface area (Å²) < 4.78 is 2.53. The second-order valence-corrected chi connectivity index (χ2v) is 10.4. The highest BCUT2D eigenvalue weighted by Crippen LogP contribution is 2.27. The molecule has 1 aromatic heterocycles. The Morgan fingerprint density at radius 2 is 1.03 bits per heavy atom. The first-order valence-corrected chi connectivity index (χ1v) is 14.8. The molecule has 1 heterocycles. The van der Waals surface area contributed by atoms with E-state index in [4.69, 9.17) is 0 Å². The van der Waals surface area contributed by atoms with Crippen molar-refractivity contribution in [2.75, 3.05) is 0 Å². The van der Waals surface area contributed by atoms with Gasteiger partial charge in [-0.1, -0.05) is 136 Å². The number of nitrogens with one attached hydrogen (secondary N) is 1. The highest BCUT2D eigenvalue weighted by molar-refractivity contribution is 4.90. The molecule has 1 unspecified atom stereocenters. The van der Waals surface area contributed by atoms with Crippen molar-refractivity contribution in [1.82, 2.24) is 4.98 Å². The van der Waals surface area contributed by atoms with Gasteiger partial charge in [0.05, 0.1) is 12.0 Å². The van der Waals surface area contributed by atoms with Crippen LogP contribution in [-0.2, 0) is 0 Å². The summed E-state index contributed by atoms with van der Waals surface area (Å²) in [7, 11) is 0. The number of hydrogen-bond donors (Lipinski definition) is 1. The number of imidazole rings is 1. The molecule has 2 nitrogen and oxygen atoms in total. The first-order valence-electron chi connectivity index (χ1n) is 14.8. The minimum atomic E-state index is 0.602. The van der Waals surface area contributed by atoms with Gasteiger partial charge in [-0.3, -0.25) is 0 Å². The van der Waals surface area contributed by atoms with E-state index in [0.717, 1.165) is 0 Å². The SMILES string of the molecule is CCCCCCCCCCCC(CCCCCCCCCCC)c1[nH]cc[n+]1C(C)CC. The Kier molecular flexibility index (Phi) is 19.0. The summed E-state index contributed by atoms with van der Waals surface area (Å²) in [4.78, 5) is 3.65. The third-order valence-corrected chi connectivity index (χ3v) is 7.51. The molecule has 1 N–H and O–H groups in total.